The van der Waals surface area contributed by atoms with Gasteiger partial charge in [0.25, 0.3) is 6.71 Å². The van der Waals surface area contributed by atoms with E-state index in [1.165, 1.54) is 158 Å². The number of fused-ring (bicyclic) bond motifs is 11. The Hall–Kier alpha value is -5.58. The van der Waals surface area contributed by atoms with Crippen molar-refractivity contribution >= 4 is 88.7 Å². The number of aryl methyl sites for hydroxylation is 3. The van der Waals surface area contributed by atoms with E-state index in [2.05, 4.69) is 223 Å². The van der Waals surface area contributed by atoms with Gasteiger partial charge in [0, 0.05) is 43.9 Å². The van der Waals surface area contributed by atoms with Crippen LogP contribution in [0.2, 0.25) is 0 Å². The summed E-state index contributed by atoms with van der Waals surface area (Å²) in [6.45, 7) is 36.8. The maximum absolute atomic E-state index is 2.76. The van der Waals surface area contributed by atoms with E-state index in [0.717, 1.165) is 6.42 Å². The fourth-order valence-corrected chi connectivity index (χ4v) is 16.4. The maximum atomic E-state index is 2.76. The summed E-state index contributed by atoms with van der Waals surface area (Å²) in [5.41, 5.74) is 28.1. The third kappa shape index (κ3) is 6.39. The molecule has 1 aromatic heterocycles. The molecule has 0 saturated carbocycles. The van der Waals surface area contributed by atoms with Crippen molar-refractivity contribution in [3.8, 4) is 11.1 Å². The van der Waals surface area contributed by atoms with Crippen LogP contribution in [0.25, 0.3) is 31.3 Å². The lowest BCUT2D eigenvalue weighted by molar-refractivity contribution is 0.332. The molecule has 0 atom stereocenters. The highest BCUT2D eigenvalue weighted by Crippen LogP contribution is 2.57. The van der Waals surface area contributed by atoms with Crippen LogP contribution >= 0.6 is 11.3 Å². The number of hydrogen-bond acceptors (Lipinski definition) is 3. The first kappa shape index (κ1) is 46.2. The van der Waals surface area contributed by atoms with Gasteiger partial charge in [-0.05, 0) is 205 Å². The second-order valence-corrected chi connectivity index (χ2v) is 28.2. The Morgan fingerprint density at radius 2 is 0.944 bits per heavy atom. The van der Waals surface area contributed by atoms with Crippen molar-refractivity contribution in [1.82, 2.24) is 0 Å². The molecule has 7 aromatic carbocycles. The van der Waals surface area contributed by atoms with Gasteiger partial charge in [0.1, 0.15) is 0 Å². The fraction of sp³-hybridized carbons (Fsp3) is 0.382. The van der Waals surface area contributed by atoms with Crippen molar-refractivity contribution in [2.45, 2.75) is 168 Å². The average molecular weight is 961 g/mol. The molecule has 0 N–H and O–H groups in total. The van der Waals surface area contributed by atoms with Crippen LogP contribution in [0.5, 0.6) is 0 Å². The summed E-state index contributed by atoms with van der Waals surface area (Å²) >= 11 is 2.03. The monoisotopic (exact) mass is 961 g/mol. The van der Waals surface area contributed by atoms with Gasteiger partial charge in [-0.25, -0.2) is 0 Å². The molecule has 364 valence electrons. The molecule has 5 aliphatic rings. The van der Waals surface area contributed by atoms with E-state index in [1.807, 2.05) is 11.3 Å². The van der Waals surface area contributed by atoms with Crippen molar-refractivity contribution in [2.24, 2.45) is 0 Å². The first-order valence-electron chi connectivity index (χ1n) is 27.2. The molecule has 0 bridgehead atoms. The Morgan fingerprint density at radius 3 is 1.58 bits per heavy atom. The molecular formula is C68H73BN2S. The van der Waals surface area contributed by atoms with E-state index in [9.17, 15) is 0 Å². The summed E-state index contributed by atoms with van der Waals surface area (Å²) in [7, 11) is 0. The lowest BCUT2D eigenvalue weighted by Crippen LogP contribution is -2.61. The molecule has 8 aromatic rings. The summed E-state index contributed by atoms with van der Waals surface area (Å²) < 4.78 is 2.79. The van der Waals surface area contributed by atoms with Crippen molar-refractivity contribution in [2.75, 3.05) is 9.80 Å². The third-order valence-electron chi connectivity index (χ3n) is 19.3. The number of hydrogen-bond donors (Lipinski definition) is 0. The summed E-state index contributed by atoms with van der Waals surface area (Å²) in [4.78, 5) is 5.48. The van der Waals surface area contributed by atoms with Gasteiger partial charge < -0.3 is 9.80 Å². The highest BCUT2D eigenvalue weighted by atomic mass is 32.1. The highest BCUT2D eigenvalue weighted by Gasteiger charge is 2.50. The molecule has 2 nitrogen and oxygen atoms in total. The smallest absolute Gasteiger partial charge is 0.252 e. The second kappa shape index (κ2) is 14.8. The van der Waals surface area contributed by atoms with E-state index in [-0.39, 0.29) is 39.2 Å². The van der Waals surface area contributed by atoms with Gasteiger partial charge in [-0.1, -0.05) is 150 Å². The second-order valence-electron chi connectivity index (χ2n) is 27.1. The van der Waals surface area contributed by atoms with Gasteiger partial charge in [-0.2, -0.15) is 0 Å². The third-order valence-corrected chi connectivity index (χ3v) is 20.5. The molecule has 0 radical (unpaired) electrons. The quantitative estimate of drug-likeness (QED) is 0.163. The molecule has 13 rings (SSSR count). The van der Waals surface area contributed by atoms with Crippen LogP contribution in [0.4, 0.5) is 34.1 Å². The van der Waals surface area contributed by atoms with Crippen molar-refractivity contribution in [1.29, 1.82) is 0 Å². The minimum Gasteiger partial charge on any atom is -0.311 e. The van der Waals surface area contributed by atoms with Gasteiger partial charge in [-0.3, -0.25) is 0 Å². The largest absolute Gasteiger partial charge is 0.311 e. The topological polar surface area (TPSA) is 6.48 Å². The first-order chi connectivity index (χ1) is 33.9. The highest BCUT2D eigenvalue weighted by molar-refractivity contribution is 7.26. The lowest BCUT2D eigenvalue weighted by atomic mass is 9.33. The van der Waals surface area contributed by atoms with E-state index >= 15 is 0 Å². The number of benzene rings is 7. The van der Waals surface area contributed by atoms with Crippen molar-refractivity contribution < 1.29 is 0 Å². The number of anilines is 6. The van der Waals surface area contributed by atoms with Crippen LogP contribution in [-0.2, 0) is 32.5 Å². The van der Waals surface area contributed by atoms with Crippen LogP contribution in [0.3, 0.4) is 0 Å². The summed E-state index contributed by atoms with van der Waals surface area (Å²) in [5, 5.41) is 2.77. The average Bonchev–Trinajstić information content (AvgIpc) is 3.78. The molecule has 4 heteroatoms. The Labute approximate surface area is 435 Å². The van der Waals surface area contributed by atoms with E-state index < -0.39 is 0 Å². The molecule has 3 heterocycles. The zero-order valence-electron chi connectivity index (χ0n) is 45.8. The SMILES string of the molecule is Cc1ccccc1-c1cc2c3c(c1)N(c1ccccc1C)c1c(ccc4c1sc1cc5c(cc14)C(C)(C)CCC5(C)C)B3c1cc3c(cc1N2c1cc2c(cc1C)C(C)(C)CCC2(C)C)C(C)(C)CC3(C)C. The van der Waals surface area contributed by atoms with Crippen LogP contribution in [-0.4, -0.2) is 6.71 Å². The predicted octanol–water partition coefficient (Wildman–Crippen LogP) is 17.4. The number of para-hydroxylation sites is 1. The maximum Gasteiger partial charge on any atom is 0.252 e. The summed E-state index contributed by atoms with van der Waals surface area (Å²) in [6, 6.07) is 44.3. The Morgan fingerprint density at radius 1 is 0.417 bits per heavy atom. The Balaban J connectivity index is 1.20. The first-order valence-corrected chi connectivity index (χ1v) is 28.0. The van der Waals surface area contributed by atoms with Gasteiger partial charge in [0.05, 0.1) is 10.4 Å². The Kier molecular flexibility index (Phi) is 9.51. The van der Waals surface area contributed by atoms with E-state index in [1.54, 1.807) is 0 Å². The number of rotatable bonds is 3. The van der Waals surface area contributed by atoms with Crippen LogP contribution < -0.4 is 26.2 Å². The van der Waals surface area contributed by atoms with E-state index in [0.29, 0.717) is 0 Å². The molecule has 0 fully saturated rings. The minimum atomic E-state index is 0.0150. The van der Waals surface area contributed by atoms with E-state index in [4.69, 9.17) is 0 Å². The predicted molar refractivity (Wildman–Crippen MR) is 314 cm³/mol. The van der Waals surface area contributed by atoms with Crippen LogP contribution in [0.1, 0.15) is 165 Å². The molecule has 72 heavy (non-hydrogen) atoms. The van der Waals surface area contributed by atoms with Gasteiger partial charge in [0.15, 0.2) is 0 Å². The molecule has 0 amide bonds. The molecule has 0 unspecified atom stereocenters. The van der Waals surface area contributed by atoms with Crippen molar-refractivity contribution in [3.63, 3.8) is 0 Å². The minimum absolute atomic E-state index is 0.0150. The van der Waals surface area contributed by atoms with Gasteiger partial charge in [-0.15, -0.1) is 11.3 Å². The normalized spacial score (nSPS) is 19.9. The lowest BCUT2D eigenvalue weighted by Gasteiger charge is -2.47. The van der Waals surface area contributed by atoms with Crippen LogP contribution in [0.15, 0.2) is 109 Å². The van der Waals surface area contributed by atoms with Crippen molar-refractivity contribution in [3.05, 3.63) is 159 Å². The summed E-state index contributed by atoms with van der Waals surface area (Å²) in [5.74, 6) is 0. The zero-order valence-corrected chi connectivity index (χ0v) is 46.6. The molecule has 0 spiro atoms. The fourth-order valence-electron chi connectivity index (χ4n) is 15.2. The van der Waals surface area contributed by atoms with Gasteiger partial charge >= 0.3 is 0 Å². The number of thiophene rings is 1. The molecule has 0 saturated heterocycles. The molecule has 3 aliphatic carbocycles. The number of nitrogens with zero attached hydrogens (tertiary/aromatic N) is 2. The standard InChI is InChI=1S/C68H73BN2S/c1-39-20-16-18-22-43(39)42-31-57-60-58(32-42)71(54-23-19-17-21-40(54)2)61-52(25-24-44-45-33-47-51(37-59(45)72-62(44)61)66(10,11)29-27-64(47,6)7)69(60)53-34-48-50(68(14,15)38-67(48,12)13)36-56(53)70(57)55-35-49-46(30-41(55)3)63(4,5)26-28-65(49,8)9/h16-25,30-37H,26-29,38H2,1-15H3. The zero-order chi connectivity index (χ0) is 50.6. The van der Waals surface area contributed by atoms with Crippen LogP contribution in [0, 0.1) is 20.8 Å². The molecular weight excluding hydrogens is 888 g/mol. The Bertz CT molecular complexity index is 3680. The molecule has 2 aliphatic heterocycles. The van der Waals surface area contributed by atoms with Gasteiger partial charge in [0.2, 0.25) is 0 Å². The summed E-state index contributed by atoms with van der Waals surface area (Å²) in [6.07, 6.45) is 5.91.